The molecule has 10 heteroatoms. The zero-order valence-electron chi connectivity index (χ0n) is 19.0. The number of hydrogen-bond donors (Lipinski definition) is 2. The van der Waals surface area contributed by atoms with Gasteiger partial charge in [-0.1, -0.05) is 0 Å². The predicted molar refractivity (Wildman–Crippen MR) is 123 cm³/mol. The lowest BCUT2D eigenvalue weighted by Gasteiger charge is -2.13. The van der Waals surface area contributed by atoms with Gasteiger partial charge in [0.1, 0.15) is 11.5 Å². The summed E-state index contributed by atoms with van der Waals surface area (Å²) in [5.74, 6) is 0.720. The third-order valence-electron chi connectivity index (χ3n) is 5.20. The maximum Gasteiger partial charge on any atom is 0.343 e. The van der Waals surface area contributed by atoms with Crippen molar-refractivity contribution in [3.63, 3.8) is 0 Å². The van der Waals surface area contributed by atoms with Crippen LogP contribution >= 0.6 is 0 Å². The van der Waals surface area contributed by atoms with Crippen LogP contribution in [-0.4, -0.2) is 38.3 Å². The van der Waals surface area contributed by atoms with Crippen LogP contribution in [0.2, 0.25) is 0 Å². The largest absolute Gasteiger partial charge is 0.595 e. The van der Waals surface area contributed by atoms with E-state index in [1.54, 1.807) is 18.2 Å². The molecular weight excluding hydrogens is 458 g/mol. The van der Waals surface area contributed by atoms with Crippen LogP contribution in [0.1, 0.15) is 26.3 Å². The SMILES string of the molecule is COc1cc(C=C2Oc3cc(OC(=O)c4ccc([NH+]([O-])O)cc4)ccc3C2=O)cc(OC)c1OC. The highest BCUT2D eigenvalue weighted by Crippen LogP contribution is 2.40. The molecule has 35 heavy (non-hydrogen) atoms. The van der Waals surface area contributed by atoms with E-state index in [0.717, 1.165) is 0 Å². The molecule has 2 N–H and O–H groups in total. The highest BCUT2D eigenvalue weighted by Gasteiger charge is 2.28. The number of hydrogen-bond acceptors (Lipinski definition) is 9. The number of esters is 1. The maximum atomic E-state index is 12.8. The molecule has 0 aromatic heterocycles. The molecule has 0 spiro atoms. The van der Waals surface area contributed by atoms with Crippen LogP contribution < -0.4 is 28.9 Å². The number of fused-ring (bicyclic) bond motifs is 1. The maximum absolute atomic E-state index is 12.8. The number of rotatable bonds is 7. The number of carbonyl (C=O) groups excluding carboxylic acids is 2. The van der Waals surface area contributed by atoms with Crippen LogP contribution in [0.25, 0.3) is 6.08 Å². The minimum Gasteiger partial charge on any atom is -0.595 e. The van der Waals surface area contributed by atoms with Gasteiger partial charge < -0.3 is 28.9 Å². The Morgan fingerprint density at radius 1 is 0.971 bits per heavy atom. The number of Topliss-reactive ketones (excluding diaryl/α,β-unsaturated/α-hetero) is 1. The van der Waals surface area contributed by atoms with Crippen molar-refractivity contribution in [3.8, 4) is 28.7 Å². The molecular formula is C25H21NO9. The normalized spacial score (nSPS) is 14.2. The summed E-state index contributed by atoms with van der Waals surface area (Å²) in [6, 6.07) is 13.1. The summed E-state index contributed by atoms with van der Waals surface area (Å²) in [6.45, 7) is 0. The molecule has 1 heterocycles. The third kappa shape index (κ3) is 4.80. The average molecular weight is 479 g/mol. The second-order valence-electron chi connectivity index (χ2n) is 7.33. The van der Waals surface area contributed by atoms with Crippen LogP contribution in [0.15, 0.2) is 60.4 Å². The van der Waals surface area contributed by atoms with Crippen molar-refractivity contribution in [2.75, 3.05) is 21.3 Å². The van der Waals surface area contributed by atoms with Crippen molar-refractivity contribution < 1.29 is 43.7 Å². The smallest absolute Gasteiger partial charge is 0.343 e. The molecule has 1 aliphatic heterocycles. The molecule has 3 aromatic rings. The molecule has 1 aliphatic rings. The molecule has 10 nitrogen and oxygen atoms in total. The summed E-state index contributed by atoms with van der Waals surface area (Å²) in [6.07, 6.45) is 1.54. The number of nitrogens with one attached hydrogen (secondary N) is 1. The highest BCUT2D eigenvalue weighted by atomic mass is 16.8. The lowest BCUT2D eigenvalue weighted by Crippen LogP contribution is -2.99. The second kappa shape index (κ2) is 9.85. The van der Waals surface area contributed by atoms with Crippen LogP contribution in [0.3, 0.4) is 0 Å². The Kier molecular flexibility index (Phi) is 6.69. The molecule has 0 radical (unpaired) electrons. The van der Waals surface area contributed by atoms with Crippen molar-refractivity contribution in [3.05, 3.63) is 82.3 Å². The molecule has 4 rings (SSSR count). The Balaban J connectivity index is 1.55. The van der Waals surface area contributed by atoms with E-state index >= 15 is 0 Å². The Bertz CT molecular complexity index is 1290. The van der Waals surface area contributed by atoms with Gasteiger partial charge in [0.2, 0.25) is 11.5 Å². The van der Waals surface area contributed by atoms with Crippen molar-refractivity contribution in [1.29, 1.82) is 0 Å². The van der Waals surface area contributed by atoms with E-state index in [4.69, 9.17) is 28.9 Å². The van der Waals surface area contributed by atoms with Crippen molar-refractivity contribution in [1.82, 2.24) is 0 Å². The fourth-order valence-electron chi connectivity index (χ4n) is 3.48. The van der Waals surface area contributed by atoms with Crippen molar-refractivity contribution in [2.45, 2.75) is 0 Å². The highest BCUT2D eigenvalue weighted by molar-refractivity contribution is 6.14. The average Bonchev–Trinajstić information content (AvgIpc) is 3.17. The first-order valence-electron chi connectivity index (χ1n) is 10.3. The van der Waals surface area contributed by atoms with Gasteiger partial charge in [-0.15, -0.1) is 0 Å². The molecule has 0 fully saturated rings. The molecule has 0 aliphatic carbocycles. The molecule has 0 saturated heterocycles. The molecule has 0 amide bonds. The van der Waals surface area contributed by atoms with E-state index in [1.807, 2.05) is 0 Å². The van der Waals surface area contributed by atoms with Gasteiger partial charge in [-0.25, -0.2) is 10.0 Å². The van der Waals surface area contributed by atoms with Gasteiger partial charge in [0, 0.05) is 18.2 Å². The predicted octanol–water partition coefficient (Wildman–Crippen LogP) is 2.95. The Morgan fingerprint density at radius 3 is 2.20 bits per heavy atom. The number of ether oxygens (including phenoxy) is 5. The first-order valence-corrected chi connectivity index (χ1v) is 10.3. The summed E-state index contributed by atoms with van der Waals surface area (Å²) in [4.78, 5) is 25.3. The lowest BCUT2D eigenvalue weighted by atomic mass is 10.1. The molecule has 180 valence electrons. The van der Waals surface area contributed by atoms with Gasteiger partial charge in [-0.05, 0) is 48.0 Å². The van der Waals surface area contributed by atoms with E-state index in [2.05, 4.69) is 0 Å². The number of allylic oxidation sites excluding steroid dienone is 1. The van der Waals surface area contributed by atoms with Gasteiger partial charge in [0.15, 0.2) is 22.9 Å². The quantitative estimate of drug-likeness (QED) is 0.227. The molecule has 0 saturated carbocycles. The number of benzene rings is 3. The van der Waals surface area contributed by atoms with Crippen LogP contribution in [-0.2, 0) is 0 Å². The van der Waals surface area contributed by atoms with Crippen LogP contribution in [0, 0.1) is 5.21 Å². The number of ketones is 1. The van der Waals surface area contributed by atoms with E-state index < -0.39 is 11.2 Å². The zero-order chi connectivity index (χ0) is 25.1. The standard InChI is InChI=1S/C25H21NO9/c1-31-21-11-14(12-22(32-2)24(21)33-3)10-20-23(27)18-9-8-17(13-19(18)35-20)34-25(28)15-4-6-16(7-5-15)26(29)30/h4-13,26,29H,1-3H3. The minimum atomic E-state index is -1.10. The van der Waals surface area contributed by atoms with E-state index in [0.29, 0.717) is 28.4 Å². The molecule has 0 bridgehead atoms. The summed E-state index contributed by atoms with van der Waals surface area (Å²) in [5, 5.41) is 18.8. The number of methoxy groups -OCH3 is 3. The zero-order valence-corrected chi connectivity index (χ0v) is 19.0. The fraction of sp³-hybridized carbons (Fsp3) is 0.120. The summed E-state index contributed by atoms with van der Waals surface area (Å²) >= 11 is 0. The second-order valence-corrected chi connectivity index (χ2v) is 7.33. The summed E-state index contributed by atoms with van der Waals surface area (Å²) < 4.78 is 27.1. The topological polar surface area (TPSA) is 128 Å². The summed E-state index contributed by atoms with van der Waals surface area (Å²) in [5.41, 5.74) is 1.13. The third-order valence-corrected chi connectivity index (χ3v) is 5.20. The van der Waals surface area contributed by atoms with Crippen molar-refractivity contribution >= 4 is 23.5 Å². The Hall–Kier alpha value is -4.38. The molecule has 1 unspecified atom stereocenters. The van der Waals surface area contributed by atoms with Crippen LogP contribution in [0.4, 0.5) is 5.69 Å². The van der Waals surface area contributed by atoms with Crippen molar-refractivity contribution in [2.24, 2.45) is 0 Å². The Labute approximate surface area is 200 Å². The first-order chi connectivity index (χ1) is 16.8. The molecule has 3 aromatic carbocycles. The van der Waals surface area contributed by atoms with Crippen LogP contribution in [0.5, 0.6) is 28.7 Å². The van der Waals surface area contributed by atoms with E-state index in [-0.39, 0.29) is 34.3 Å². The first kappa shape index (κ1) is 23.8. The monoisotopic (exact) mass is 479 g/mol. The number of quaternary nitrogens is 1. The fourth-order valence-corrected chi connectivity index (χ4v) is 3.48. The summed E-state index contributed by atoms with van der Waals surface area (Å²) in [7, 11) is 4.48. The van der Waals surface area contributed by atoms with Gasteiger partial charge in [-0.2, -0.15) is 5.23 Å². The number of carbonyl (C=O) groups is 2. The molecule has 1 atom stereocenters. The van der Waals surface area contributed by atoms with Gasteiger partial charge in [0.05, 0.1) is 32.5 Å². The lowest BCUT2D eigenvalue weighted by molar-refractivity contribution is -0.991. The Morgan fingerprint density at radius 2 is 1.63 bits per heavy atom. The minimum absolute atomic E-state index is 0.0532. The van der Waals surface area contributed by atoms with Gasteiger partial charge in [0.25, 0.3) is 0 Å². The van der Waals surface area contributed by atoms with E-state index in [9.17, 15) is 14.8 Å². The van der Waals surface area contributed by atoms with Gasteiger partial charge in [-0.3, -0.25) is 4.79 Å². The van der Waals surface area contributed by atoms with Gasteiger partial charge >= 0.3 is 5.97 Å². The van der Waals surface area contributed by atoms with E-state index in [1.165, 1.54) is 63.8 Å².